The van der Waals surface area contributed by atoms with E-state index < -0.39 is 0 Å². The summed E-state index contributed by atoms with van der Waals surface area (Å²) in [6, 6.07) is 16.4. The smallest absolute Gasteiger partial charge is 0.331 e. The van der Waals surface area contributed by atoms with E-state index in [9.17, 15) is 14.4 Å². The highest BCUT2D eigenvalue weighted by molar-refractivity contribution is 7.21. The van der Waals surface area contributed by atoms with E-state index in [4.69, 9.17) is 4.74 Å². The zero-order valence-corrected chi connectivity index (χ0v) is 20.7. The van der Waals surface area contributed by atoms with Crippen molar-refractivity contribution in [1.82, 2.24) is 15.6 Å². The largest absolute Gasteiger partial charge is 0.457 e. The quantitative estimate of drug-likeness (QED) is 0.224. The van der Waals surface area contributed by atoms with Crippen LogP contribution in [0.3, 0.4) is 0 Å². The van der Waals surface area contributed by atoms with Crippen LogP contribution in [0.2, 0.25) is 0 Å². The average Bonchev–Trinajstić information content (AvgIpc) is 3.27. The molecule has 2 aromatic carbocycles. The lowest BCUT2D eigenvalue weighted by molar-refractivity contribution is -0.116. The number of hydrogen-bond donors (Lipinski definition) is 3. The molecule has 1 aliphatic rings. The molecule has 37 heavy (non-hydrogen) atoms. The molecule has 0 fully saturated rings. The Balaban J connectivity index is 1.43. The number of hydrogen-bond acceptors (Lipinski definition) is 6. The first-order valence-electron chi connectivity index (χ1n) is 11.5. The number of urea groups is 1. The molecule has 5 rings (SSSR count). The predicted octanol–water partition coefficient (Wildman–Crippen LogP) is 5.11. The third-order valence-electron chi connectivity index (χ3n) is 5.74. The van der Waals surface area contributed by atoms with Crippen LogP contribution in [0.1, 0.15) is 15.2 Å². The van der Waals surface area contributed by atoms with Gasteiger partial charge < -0.3 is 20.7 Å². The topological polar surface area (TPSA) is 113 Å². The summed E-state index contributed by atoms with van der Waals surface area (Å²) >= 11 is 1.20. The van der Waals surface area contributed by atoms with E-state index in [1.165, 1.54) is 11.3 Å². The van der Waals surface area contributed by atoms with Gasteiger partial charge in [0.25, 0.3) is 5.91 Å². The van der Waals surface area contributed by atoms with Gasteiger partial charge in [-0.1, -0.05) is 24.8 Å². The highest BCUT2D eigenvalue weighted by atomic mass is 32.1. The van der Waals surface area contributed by atoms with Gasteiger partial charge in [-0.3, -0.25) is 14.5 Å². The summed E-state index contributed by atoms with van der Waals surface area (Å²) < 4.78 is 5.93. The number of nitrogens with zero attached hydrogens (tertiary/aromatic N) is 2. The summed E-state index contributed by atoms with van der Waals surface area (Å²) in [5.41, 5.74) is 2.59. The van der Waals surface area contributed by atoms with Gasteiger partial charge >= 0.3 is 6.03 Å². The van der Waals surface area contributed by atoms with Gasteiger partial charge in [0, 0.05) is 19.3 Å². The van der Waals surface area contributed by atoms with Crippen LogP contribution in [0.25, 0.3) is 10.2 Å². The van der Waals surface area contributed by atoms with E-state index in [0.29, 0.717) is 37.9 Å². The molecule has 2 aromatic heterocycles. The summed E-state index contributed by atoms with van der Waals surface area (Å²) in [6.45, 7) is 5.78. The summed E-state index contributed by atoms with van der Waals surface area (Å²) in [4.78, 5) is 44.5. The van der Waals surface area contributed by atoms with E-state index in [2.05, 4.69) is 27.5 Å². The zero-order valence-electron chi connectivity index (χ0n) is 19.9. The minimum Gasteiger partial charge on any atom is -0.457 e. The summed E-state index contributed by atoms with van der Waals surface area (Å²) in [5, 5.41) is 8.95. The van der Waals surface area contributed by atoms with Crippen LogP contribution in [-0.4, -0.2) is 35.9 Å². The standard InChI is InChI=1S/C27H23N5O4S/c1-3-21(33)28-13-14-29-25(34)24-23-22-20(11-12-30-26(22)37-24)32(27(35)31-23)19-10-9-18(15-16(19)2)36-17-7-5-4-6-8-17/h3-12,15H,1,13-14H2,2H3,(H,28,33)(H,29,34)(H,31,35). The first-order valence-corrected chi connectivity index (χ1v) is 12.3. The third kappa shape index (κ3) is 4.74. The average molecular weight is 514 g/mol. The Hall–Kier alpha value is -4.70. The predicted molar refractivity (Wildman–Crippen MR) is 144 cm³/mol. The van der Waals surface area contributed by atoms with Gasteiger partial charge in [0.2, 0.25) is 5.91 Å². The van der Waals surface area contributed by atoms with Crippen molar-refractivity contribution in [3.8, 4) is 11.5 Å². The van der Waals surface area contributed by atoms with Gasteiger partial charge in [0.05, 0.1) is 22.4 Å². The normalized spacial score (nSPS) is 12.1. The monoisotopic (exact) mass is 513 g/mol. The van der Waals surface area contributed by atoms with Crippen molar-refractivity contribution in [2.75, 3.05) is 23.3 Å². The second-order valence-corrected chi connectivity index (χ2v) is 9.20. The van der Waals surface area contributed by atoms with Gasteiger partial charge in [-0.2, -0.15) is 0 Å². The molecule has 0 aliphatic carbocycles. The fraction of sp³-hybridized carbons (Fsp3) is 0.111. The third-order valence-corrected chi connectivity index (χ3v) is 6.83. The Morgan fingerprint density at radius 3 is 2.62 bits per heavy atom. The SMILES string of the molecule is C=CC(=O)NCCNC(=O)c1sc2nccc3c2c1NC(=O)N3c1ccc(Oc2ccccc2)cc1C. The van der Waals surface area contributed by atoms with Crippen molar-refractivity contribution in [1.29, 1.82) is 0 Å². The lowest BCUT2D eigenvalue weighted by Crippen LogP contribution is -2.36. The van der Waals surface area contributed by atoms with Gasteiger partial charge in [-0.15, -0.1) is 11.3 Å². The molecule has 0 saturated heterocycles. The van der Waals surface area contributed by atoms with E-state index in [1.54, 1.807) is 17.2 Å². The number of benzene rings is 2. The maximum atomic E-state index is 13.3. The molecule has 0 bridgehead atoms. The zero-order chi connectivity index (χ0) is 25.9. The number of aryl methyl sites for hydroxylation is 1. The van der Waals surface area contributed by atoms with Gasteiger partial charge in [0.15, 0.2) is 0 Å². The molecule has 0 spiro atoms. The molecular weight excluding hydrogens is 490 g/mol. The Bertz CT molecular complexity index is 1530. The Morgan fingerprint density at radius 1 is 1.08 bits per heavy atom. The lowest BCUT2D eigenvalue weighted by atomic mass is 10.1. The number of anilines is 3. The molecule has 4 amide bonds. The van der Waals surface area contributed by atoms with Crippen LogP contribution in [0.4, 0.5) is 21.9 Å². The second kappa shape index (κ2) is 10.1. The number of ether oxygens (including phenoxy) is 1. The van der Waals surface area contributed by atoms with Crippen molar-refractivity contribution >= 4 is 56.5 Å². The number of para-hydroxylation sites is 1. The van der Waals surface area contributed by atoms with Crippen LogP contribution in [0.15, 0.2) is 73.4 Å². The number of amides is 4. The minimum atomic E-state index is -0.384. The highest BCUT2D eigenvalue weighted by Gasteiger charge is 2.33. The van der Waals surface area contributed by atoms with Crippen molar-refractivity contribution in [2.45, 2.75) is 6.92 Å². The molecule has 4 aromatic rings. The number of nitrogens with one attached hydrogen (secondary N) is 3. The van der Waals surface area contributed by atoms with Crippen LogP contribution in [0.5, 0.6) is 11.5 Å². The molecular formula is C27H23N5O4S. The van der Waals surface area contributed by atoms with Gasteiger partial charge in [-0.25, -0.2) is 9.78 Å². The first kappa shape index (κ1) is 24.0. The number of pyridine rings is 1. The molecule has 3 heterocycles. The van der Waals surface area contributed by atoms with Crippen LogP contribution >= 0.6 is 11.3 Å². The van der Waals surface area contributed by atoms with E-state index >= 15 is 0 Å². The van der Waals surface area contributed by atoms with Crippen molar-refractivity contribution in [3.05, 3.63) is 83.9 Å². The molecule has 186 valence electrons. The highest BCUT2D eigenvalue weighted by Crippen LogP contribution is 2.46. The van der Waals surface area contributed by atoms with Crippen molar-refractivity contribution in [3.63, 3.8) is 0 Å². The molecule has 0 saturated carbocycles. The Labute approximate surface area is 216 Å². The number of rotatable bonds is 8. The van der Waals surface area contributed by atoms with Crippen LogP contribution < -0.4 is 25.6 Å². The van der Waals surface area contributed by atoms with Crippen LogP contribution in [0, 0.1) is 6.92 Å². The van der Waals surface area contributed by atoms with E-state index in [-0.39, 0.29) is 30.9 Å². The lowest BCUT2D eigenvalue weighted by Gasteiger charge is -2.29. The number of carbonyl (C=O) groups is 3. The molecule has 0 atom stereocenters. The Morgan fingerprint density at radius 2 is 1.86 bits per heavy atom. The van der Waals surface area contributed by atoms with E-state index in [1.807, 2.05) is 55.5 Å². The van der Waals surface area contributed by atoms with Crippen molar-refractivity contribution < 1.29 is 19.1 Å². The molecule has 1 aliphatic heterocycles. The molecule has 3 N–H and O–H groups in total. The molecule has 9 nitrogen and oxygen atoms in total. The number of carbonyl (C=O) groups excluding carboxylic acids is 3. The van der Waals surface area contributed by atoms with Gasteiger partial charge in [-0.05, 0) is 55.0 Å². The maximum Gasteiger partial charge on any atom is 0.331 e. The summed E-state index contributed by atoms with van der Waals surface area (Å²) in [7, 11) is 0. The van der Waals surface area contributed by atoms with Gasteiger partial charge in [0.1, 0.15) is 21.2 Å². The fourth-order valence-electron chi connectivity index (χ4n) is 4.06. The molecule has 10 heteroatoms. The Kier molecular flexibility index (Phi) is 6.57. The van der Waals surface area contributed by atoms with E-state index in [0.717, 1.165) is 17.4 Å². The second-order valence-electron chi connectivity index (χ2n) is 8.20. The van der Waals surface area contributed by atoms with Crippen molar-refractivity contribution in [2.24, 2.45) is 0 Å². The maximum absolute atomic E-state index is 13.3. The fourth-order valence-corrected chi connectivity index (χ4v) is 5.10. The summed E-state index contributed by atoms with van der Waals surface area (Å²) in [5.74, 6) is 0.703. The first-order chi connectivity index (χ1) is 18.0. The number of aromatic nitrogens is 1. The minimum absolute atomic E-state index is 0.225. The molecule has 0 unspecified atom stereocenters. The molecule has 0 radical (unpaired) electrons. The summed E-state index contributed by atoms with van der Waals surface area (Å²) in [6.07, 6.45) is 2.79. The van der Waals surface area contributed by atoms with Crippen LogP contribution in [-0.2, 0) is 4.79 Å². The number of thiophene rings is 1.